The molecule has 1 saturated heterocycles. The summed E-state index contributed by atoms with van der Waals surface area (Å²) in [5.41, 5.74) is -0.863. The van der Waals surface area contributed by atoms with Gasteiger partial charge in [0, 0.05) is 6.54 Å². The van der Waals surface area contributed by atoms with Gasteiger partial charge in [-0.05, 0) is 52.0 Å². The fourth-order valence-corrected chi connectivity index (χ4v) is 7.05. The van der Waals surface area contributed by atoms with Crippen LogP contribution in [-0.4, -0.2) is 49.8 Å². The Morgan fingerprint density at radius 1 is 1.16 bits per heavy atom. The van der Waals surface area contributed by atoms with Crippen LogP contribution in [0, 0.1) is 34.0 Å². The summed E-state index contributed by atoms with van der Waals surface area (Å²) in [7, 11) is -4.04. The molecule has 5 atom stereocenters. The second kappa shape index (κ2) is 9.41. The molecule has 1 saturated carbocycles. The first-order chi connectivity index (χ1) is 17.2. The van der Waals surface area contributed by atoms with Crippen LogP contribution in [0.2, 0.25) is 0 Å². The molecule has 9 heteroatoms. The van der Waals surface area contributed by atoms with Gasteiger partial charge in [-0.1, -0.05) is 71.9 Å². The lowest BCUT2D eigenvalue weighted by atomic mass is 9.86. The third kappa shape index (κ3) is 4.97. The van der Waals surface area contributed by atoms with Crippen molar-refractivity contribution in [2.75, 3.05) is 6.54 Å². The number of carbonyl (C=O) groups is 2. The Hall–Kier alpha value is -2.96. The van der Waals surface area contributed by atoms with Crippen molar-refractivity contribution in [2.45, 2.75) is 71.0 Å². The molecule has 2 aromatic rings. The molecule has 0 aromatic heterocycles. The molecule has 2 fully saturated rings. The molecule has 2 amide bonds. The summed E-state index contributed by atoms with van der Waals surface area (Å²) < 4.78 is 29.6. The van der Waals surface area contributed by atoms with E-state index < -0.39 is 39.5 Å². The van der Waals surface area contributed by atoms with Crippen molar-refractivity contribution in [3.63, 3.8) is 0 Å². The van der Waals surface area contributed by atoms with Crippen LogP contribution in [0.15, 0.2) is 47.4 Å². The van der Waals surface area contributed by atoms with Crippen LogP contribution in [0.1, 0.15) is 48.0 Å². The highest BCUT2D eigenvalue weighted by molar-refractivity contribution is 7.89. The highest BCUT2D eigenvalue weighted by atomic mass is 32.2. The van der Waals surface area contributed by atoms with Gasteiger partial charge in [0.2, 0.25) is 21.8 Å². The van der Waals surface area contributed by atoms with Gasteiger partial charge in [-0.25, -0.2) is 8.42 Å². The first-order valence-corrected chi connectivity index (χ1v) is 14.2. The fraction of sp³-hybridized carbons (Fsp3) is 0.536. The predicted molar refractivity (Wildman–Crippen MR) is 142 cm³/mol. The number of nitrogens with zero attached hydrogens (tertiary/aromatic N) is 2. The fourth-order valence-electron chi connectivity index (χ4n) is 5.62. The Labute approximate surface area is 219 Å². The van der Waals surface area contributed by atoms with Gasteiger partial charge in [0.15, 0.2) is 0 Å². The number of hydrogen-bond donors (Lipinski definition) is 2. The van der Waals surface area contributed by atoms with E-state index in [1.807, 2.05) is 31.2 Å². The number of benzene rings is 2. The minimum atomic E-state index is -4.04. The second-order valence-corrected chi connectivity index (χ2v) is 13.6. The minimum Gasteiger partial charge on any atom is -0.339 e. The molecular formula is C28H36N4O4S. The lowest BCUT2D eigenvalue weighted by Crippen LogP contribution is -2.59. The Morgan fingerprint density at radius 2 is 1.81 bits per heavy atom. The molecule has 2 aromatic carbocycles. The van der Waals surface area contributed by atoms with Crippen LogP contribution in [-0.2, 0) is 19.6 Å². The number of hydrogen-bond acceptors (Lipinski definition) is 5. The Morgan fingerprint density at radius 3 is 2.41 bits per heavy atom. The van der Waals surface area contributed by atoms with Gasteiger partial charge in [0.05, 0.1) is 11.0 Å². The minimum absolute atomic E-state index is 0.0367. The third-order valence-corrected chi connectivity index (χ3v) is 9.48. The molecule has 0 bridgehead atoms. The van der Waals surface area contributed by atoms with E-state index in [0.717, 1.165) is 10.8 Å². The molecule has 1 aliphatic carbocycles. The van der Waals surface area contributed by atoms with Crippen LogP contribution in [0.3, 0.4) is 0 Å². The zero-order valence-electron chi connectivity index (χ0n) is 22.3. The zero-order valence-corrected chi connectivity index (χ0v) is 23.1. The molecule has 37 heavy (non-hydrogen) atoms. The number of amides is 2. The number of likely N-dealkylation sites (tertiary alicyclic amines) is 1. The molecule has 0 radical (unpaired) electrons. The molecule has 198 valence electrons. The standard InChI is InChI=1S/C28H36N4O4S/c1-7-19(15-29)30-25(33)23-22-21(28(22,5)6)16-32(23)26(34)24(27(2,3)4)31-37(35,36)20-13-12-17-10-8-9-11-18(17)14-20/h8-14,19,21-24,31H,7,16H2,1-6H3,(H,30,33)/t19-,21-,22-,23-,24+/m0/s1. The number of piperidine rings is 1. The first-order valence-electron chi connectivity index (χ1n) is 12.7. The van der Waals surface area contributed by atoms with E-state index in [1.54, 1.807) is 32.9 Å². The maximum Gasteiger partial charge on any atom is 0.244 e. The molecule has 0 unspecified atom stereocenters. The van der Waals surface area contributed by atoms with Crippen molar-refractivity contribution in [3.05, 3.63) is 42.5 Å². The van der Waals surface area contributed by atoms with Crippen LogP contribution < -0.4 is 10.0 Å². The number of nitrogens with one attached hydrogen (secondary N) is 2. The van der Waals surface area contributed by atoms with Crippen LogP contribution in [0.4, 0.5) is 0 Å². The summed E-state index contributed by atoms with van der Waals surface area (Å²) in [5, 5.41) is 13.8. The van der Waals surface area contributed by atoms with E-state index in [1.165, 1.54) is 11.0 Å². The average molecular weight is 525 g/mol. The van der Waals surface area contributed by atoms with E-state index in [0.29, 0.717) is 13.0 Å². The Balaban J connectivity index is 1.63. The van der Waals surface area contributed by atoms with Gasteiger partial charge < -0.3 is 10.2 Å². The van der Waals surface area contributed by atoms with Crippen molar-refractivity contribution in [2.24, 2.45) is 22.7 Å². The van der Waals surface area contributed by atoms with E-state index in [-0.39, 0.29) is 28.1 Å². The molecule has 0 spiro atoms. The number of nitriles is 1. The van der Waals surface area contributed by atoms with Crippen molar-refractivity contribution in [3.8, 4) is 6.07 Å². The average Bonchev–Trinajstić information content (AvgIpc) is 3.17. The quantitative estimate of drug-likeness (QED) is 0.575. The largest absolute Gasteiger partial charge is 0.339 e. The number of carbonyl (C=O) groups excluding carboxylic acids is 2. The monoisotopic (exact) mass is 524 g/mol. The van der Waals surface area contributed by atoms with Crippen molar-refractivity contribution < 1.29 is 18.0 Å². The highest BCUT2D eigenvalue weighted by Crippen LogP contribution is 2.65. The number of sulfonamides is 1. The van der Waals surface area contributed by atoms with Crippen molar-refractivity contribution in [1.29, 1.82) is 5.26 Å². The Kier molecular flexibility index (Phi) is 6.89. The number of fused-ring (bicyclic) bond motifs is 2. The molecular weight excluding hydrogens is 488 g/mol. The highest BCUT2D eigenvalue weighted by Gasteiger charge is 2.69. The lowest BCUT2D eigenvalue weighted by molar-refractivity contribution is -0.143. The van der Waals surface area contributed by atoms with Gasteiger partial charge in [-0.15, -0.1) is 0 Å². The summed E-state index contributed by atoms with van der Waals surface area (Å²) in [6.45, 7) is 11.8. The van der Waals surface area contributed by atoms with E-state index in [4.69, 9.17) is 0 Å². The van der Waals surface area contributed by atoms with Gasteiger partial charge in [-0.3, -0.25) is 9.59 Å². The summed E-state index contributed by atoms with van der Waals surface area (Å²) in [4.78, 5) is 28.9. The SMILES string of the molecule is CC[C@@H](C#N)NC(=O)[C@@H]1[C@@H]2[C@H](CN1C(=O)[C@@H](NS(=O)(=O)c1ccc3ccccc3c1)C(C)(C)C)C2(C)C. The maximum absolute atomic E-state index is 14.0. The third-order valence-electron chi connectivity index (χ3n) is 8.06. The van der Waals surface area contributed by atoms with E-state index in [9.17, 15) is 23.3 Å². The molecule has 1 heterocycles. The maximum atomic E-state index is 14.0. The van der Waals surface area contributed by atoms with E-state index in [2.05, 4.69) is 30.0 Å². The van der Waals surface area contributed by atoms with Gasteiger partial charge in [0.1, 0.15) is 18.1 Å². The van der Waals surface area contributed by atoms with E-state index >= 15 is 0 Å². The summed E-state index contributed by atoms with van der Waals surface area (Å²) in [5.74, 6) is -0.674. The van der Waals surface area contributed by atoms with Gasteiger partial charge >= 0.3 is 0 Å². The second-order valence-electron chi connectivity index (χ2n) is 11.9. The molecule has 8 nitrogen and oxygen atoms in total. The molecule has 2 aliphatic rings. The van der Waals surface area contributed by atoms with Crippen LogP contribution >= 0.6 is 0 Å². The van der Waals surface area contributed by atoms with Crippen LogP contribution in [0.25, 0.3) is 10.8 Å². The molecule has 4 rings (SSSR count). The van der Waals surface area contributed by atoms with Crippen molar-refractivity contribution >= 4 is 32.6 Å². The zero-order chi connectivity index (χ0) is 27.3. The van der Waals surface area contributed by atoms with Crippen molar-refractivity contribution in [1.82, 2.24) is 14.9 Å². The topological polar surface area (TPSA) is 119 Å². The molecule has 1 aliphatic heterocycles. The van der Waals surface area contributed by atoms with Gasteiger partial charge in [0.25, 0.3) is 0 Å². The normalized spacial score (nSPS) is 24.1. The first kappa shape index (κ1) is 27.1. The summed E-state index contributed by atoms with van der Waals surface area (Å²) in [6, 6.07) is 12.0. The summed E-state index contributed by atoms with van der Waals surface area (Å²) in [6.07, 6.45) is 0.455. The lowest BCUT2D eigenvalue weighted by Gasteiger charge is -2.37. The van der Waals surface area contributed by atoms with Crippen LogP contribution in [0.5, 0.6) is 0 Å². The summed E-state index contributed by atoms with van der Waals surface area (Å²) >= 11 is 0. The Bertz CT molecular complexity index is 1370. The molecule has 2 N–H and O–H groups in total. The predicted octanol–water partition coefficient (Wildman–Crippen LogP) is 3.43. The van der Waals surface area contributed by atoms with Gasteiger partial charge in [-0.2, -0.15) is 9.98 Å². The number of rotatable bonds is 7. The smallest absolute Gasteiger partial charge is 0.244 e.